The van der Waals surface area contributed by atoms with Crippen molar-refractivity contribution in [2.45, 2.75) is 46.2 Å². The molecule has 1 fully saturated rings. The normalized spacial score (nSPS) is 18.9. The van der Waals surface area contributed by atoms with Crippen LogP contribution >= 0.6 is 0 Å². The van der Waals surface area contributed by atoms with Crippen LogP contribution in [0.15, 0.2) is 42.5 Å². The van der Waals surface area contributed by atoms with Crippen molar-refractivity contribution in [3.63, 3.8) is 0 Å². The summed E-state index contributed by atoms with van der Waals surface area (Å²) in [6.07, 6.45) is 1.93. The fourth-order valence-corrected chi connectivity index (χ4v) is 3.90. The summed E-state index contributed by atoms with van der Waals surface area (Å²) in [5.74, 6) is -0.0749. The van der Waals surface area contributed by atoms with Gasteiger partial charge in [0.15, 0.2) is 0 Å². The van der Waals surface area contributed by atoms with Crippen LogP contribution in [-0.2, 0) is 11.3 Å². The van der Waals surface area contributed by atoms with Crippen LogP contribution in [0.4, 0.5) is 4.39 Å². The molecule has 0 radical (unpaired) electrons. The minimum atomic E-state index is -0.213. The van der Waals surface area contributed by atoms with Gasteiger partial charge in [-0.2, -0.15) is 0 Å². The van der Waals surface area contributed by atoms with Gasteiger partial charge in [-0.1, -0.05) is 35.9 Å². The van der Waals surface area contributed by atoms with E-state index in [1.54, 1.807) is 0 Å². The number of hydrogen-bond donors (Lipinski definition) is 1. The number of rotatable bonds is 5. The molecule has 1 aliphatic rings. The second-order valence-electron chi connectivity index (χ2n) is 7.79. The fraction of sp³-hybridized carbons (Fsp3) is 0.435. The molecule has 144 valence electrons. The maximum absolute atomic E-state index is 13.1. The van der Waals surface area contributed by atoms with Crippen LogP contribution in [-0.4, -0.2) is 23.9 Å². The van der Waals surface area contributed by atoms with E-state index in [2.05, 4.69) is 49.2 Å². The third-order valence-electron chi connectivity index (χ3n) is 5.46. The molecule has 1 saturated heterocycles. The average molecular weight is 368 g/mol. The van der Waals surface area contributed by atoms with Gasteiger partial charge in [0.2, 0.25) is 5.91 Å². The van der Waals surface area contributed by atoms with Crippen molar-refractivity contribution in [3.8, 4) is 0 Å². The highest BCUT2D eigenvalue weighted by atomic mass is 19.1. The lowest BCUT2D eigenvalue weighted by Gasteiger charge is -2.32. The first kappa shape index (κ1) is 19.6. The van der Waals surface area contributed by atoms with E-state index in [0.29, 0.717) is 0 Å². The van der Waals surface area contributed by atoms with Gasteiger partial charge in [0.25, 0.3) is 0 Å². The van der Waals surface area contributed by atoms with Crippen LogP contribution < -0.4 is 5.32 Å². The number of halogens is 1. The Bertz CT molecular complexity index is 787. The monoisotopic (exact) mass is 368 g/mol. The maximum atomic E-state index is 13.1. The third kappa shape index (κ3) is 5.16. The van der Waals surface area contributed by atoms with E-state index >= 15 is 0 Å². The van der Waals surface area contributed by atoms with Crippen LogP contribution in [0.2, 0.25) is 0 Å². The van der Waals surface area contributed by atoms with Crippen molar-refractivity contribution >= 4 is 5.91 Å². The Hall–Kier alpha value is -2.20. The summed E-state index contributed by atoms with van der Waals surface area (Å²) in [6.45, 7) is 8.71. The van der Waals surface area contributed by atoms with E-state index in [1.807, 2.05) is 12.1 Å². The zero-order valence-corrected chi connectivity index (χ0v) is 16.5. The molecule has 2 atom stereocenters. The summed E-state index contributed by atoms with van der Waals surface area (Å²) in [4.78, 5) is 15.1. The SMILES string of the molecule is Cc1ccc(C)c([C@H](C)NC(=O)[C@@H]2CCCN(Cc3ccc(F)cc3)C2)c1. The van der Waals surface area contributed by atoms with Crippen LogP contribution in [0.3, 0.4) is 0 Å². The lowest BCUT2D eigenvalue weighted by molar-refractivity contribution is -0.127. The summed E-state index contributed by atoms with van der Waals surface area (Å²) in [5, 5.41) is 3.21. The molecule has 0 unspecified atom stereocenters. The van der Waals surface area contributed by atoms with E-state index in [4.69, 9.17) is 0 Å². The number of hydrogen-bond acceptors (Lipinski definition) is 2. The summed E-state index contributed by atoms with van der Waals surface area (Å²) in [7, 11) is 0. The molecule has 3 rings (SSSR count). The second kappa shape index (κ2) is 8.66. The quantitative estimate of drug-likeness (QED) is 0.841. The molecular formula is C23H29FN2O. The molecule has 0 aromatic heterocycles. The molecule has 1 heterocycles. The molecule has 1 N–H and O–H groups in total. The number of likely N-dealkylation sites (tertiary alicyclic amines) is 1. The van der Waals surface area contributed by atoms with Gasteiger partial charge >= 0.3 is 0 Å². The highest BCUT2D eigenvalue weighted by molar-refractivity contribution is 5.79. The minimum Gasteiger partial charge on any atom is -0.349 e. The summed E-state index contributed by atoms with van der Waals surface area (Å²) in [5.41, 5.74) is 4.68. The van der Waals surface area contributed by atoms with Gasteiger partial charge in [-0.15, -0.1) is 0 Å². The number of aryl methyl sites for hydroxylation is 2. The van der Waals surface area contributed by atoms with E-state index < -0.39 is 0 Å². The number of nitrogens with zero attached hydrogens (tertiary/aromatic N) is 1. The van der Waals surface area contributed by atoms with Gasteiger partial charge in [0, 0.05) is 13.1 Å². The zero-order chi connectivity index (χ0) is 19.4. The molecule has 2 aromatic rings. The van der Waals surface area contributed by atoms with Crippen LogP contribution in [0.5, 0.6) is 0 Å². The molecule has 3 nitrogen and oxygen atoms in total. The number of carbonyl (C=O) groups is 1. The van der Waals surface area contributed by atoms with E-state index in [0.717, 1.165) is 38.0 Å². The molecule has 4 heteroatoms. The van der Waals surface area contributed by atoms with Gasteiger partial charge in [0.05, 0.1) is 12.0 Å². The van der Waals surface area contributed by atoms with Crippen molar-refractivity contribution in [2.75, 3.05) is 13.1 Å². The fourth-order valence-electron chi connectivity index (χ4n) is 3.90. The topological polar surface area (TPSA) is 32.3 Å². The third-order valence-corrected chi connectivity index (χ3v) is 5.46. The van der Waals surface area contributed by atoms with E-state index in [9.17, 15) is 9.18 Å². The van der Waals surface area contributed by atoms with Crippen molar-refractivity contribution < 1.29 is 9.18 Å². The van der Waals surface area contributed by atoms with Gasteiger partial charge in [-0.3, -0.25) is 9.69 Å². The van der Waals surface area contributed by atoms with Crippen molar-refractivity contribution in [2.24, 2.45) is 5.92 Å². The molecule has 27 heavy (non-hydrogen) atoms. The van der Waals surface area contributed by atoms with Crippen molar-refractivity contribution in [1.29, 1.82) is 0 Å². The summed E-state index contributed by atoms with van der Waals surface area (Å²) >= 11 is 0. The Balaban J connectivity index is 1.59. The number of benzene rings is 2. The van der Waals surface area contributed by atoms with E-state index in [1.165, 1.54) is 28.8 Å². The first-order valence-corrected chi connectivity index (χ1v) is 9.76. The second-order valence-corrected chi connectivity index (χ2v) is 7.79. The Morgan fingerprint density at radius 2 is 1.96 bits per heavy atom. The molecule has 1 aliphatic heterocycles. The van der Waals surface area contributed by atoms with Crippen LogP contribution in [0, 0.1) is 25.6 Å². The Labute approximate surface area is 161 Å². The molecule has 0 aliphatic carbocycles. The predicted octanol–water partition coefficient (Wildman–Crippen LogP) is 4.53. The maximum Gasteiger partial charge on any atom is 0.224 e. The van der Waals surface area contributed by atoms with E-state index in [-0.39, 0.29) is 23.7 Å². The lowest BCUT2D eigenvalue weighted by Crippen LogP contribution is -2.43. The summed E-state index contributed by atoms with van der Waals surface area (Å²) < 4.78 is 13.1. The largest absolute Gasteiger partial charge is 0.349 e. The molecule has 1 amide bonds. The Morgan fingerprint density at radius 3 is 2.70 bits per heavy atom. The lowest BCUT2D eigenvalue weighted by atomic mass is 9.95. The van der Waals surface area contributed by atoms with Crippen molar-refractivity contribution in [3.05, 3.63) is 70.5 Å². The standard InChI is InChI=1S/C23H29FN2O/c1-16-6-7-17(2)22(13-16)18(3)25-23(27)20-5-4-12-26(15-20)14-19-8-10-21(24)11-9-19/h6-11,13,18,20H,4-5,12,14-15H2,1-3H3,(H,25,27)/t18-,20+/m0/s1. The average Bonchev–Trinajstić information content (AvgIpc) is 2.65. The van der Waals surface area contributed by atoms with Crippen molar-refractivity contribution in [1.82, 2.24) is 10.2 Å². The van der Waals surface area contributed by atoms with Gasteiger partial charge < -0.3 is 5.32 Å². The number of nitrogens with one attached hydrogen (secondary N) is 1. The van der Waals surface area contributed by atoms with Gasteiger partial charge in [0.1, 0.15) is 5.82 Å². The smallest absolute Gasteiger partial charge is 0.224 e. The Morgan fingerprint density at radius 1 is 1.22 bits per heavy atom. The molecule has 0 spiro atoms. The van der Waals surface area contributed by atoms with Gasteiger partial charge in [-0.05, 0) is 69.0 Å². The first-order chi connectivity index (χ1) is 12.9. The zero-order valence-electron chi connectivity index (χ0n) is 16.5. The number of piperidine rings is 1. The predicted molar refractivity (Wildman–Crippen MR) is 107 cm³/mol. The minimum absolute atomic E-state index is 0.00451. The number of carbonyl (C=O) groups excluding carboxylic acids is 1. The molecular weight excluding hydrogens is 339 g/mol. The van der Waals surface area contributed by atoms with Crippen LogP contribution in [0.1, 0.15) is 48.1 Å². The van der Waals surface area contributed by atoms with Gasteiger partial charge in [-0.25, -0.2) is 4.39 Å². The molecule has 0 bridgehead atoms. The number of amides is 1. The van der Waals surface area contributed by atoms with Crippen LogP contribution in [0.25, 0.3) is 0 Å². The first-order valence-electron chi connectivity index (χ1n) is 9.76. The highest BCUT2D eigenvalue weighted by Gasteiger charge is 2.27. The molecule has 0 saturated carbocycles. The highest BCUT2D eigenvalue weighted by Crippen LogP contribution is 2.22. The summed E-state index contributed by atoms with van der Waals surface area (Å²) in [6, 6.07) is 13.0. The molecule has 2 aromatic carbocycles. The Kier molecular flexibility index (Phi) is 6.27.